The highest BCUT2D eigenvalue weighted by atomic mass is 79.9. The molecule has 0 aliphatic carbocycles. The van der Waals surface area contributed by atoms with E-state index in [2.05, 4.69) is 15.9 Å². The highest BCUT2D eigenvalue weighted by Gasteiger charge is 2.35. The largest absolute Gasteiger partial charge is 0.416 e. The van der Waals surface area contributed by atoms with Crippen molar-refractivity contribution in [1.82, 2.24) is 4.31 Å². The van der Waals surface area contributed by atoms with Gasteiger partial charge in [-0.05, 0) is 38.0 Å². The zero-order valence-electron chi connectivity index (χ0n) is 11.3. The Balaban J connectivity index is 2.47. The first-order valence-electron chi connectivity index (χ1n) is 6.52. The van der Waals surface area contributed by atoms with E-state index in [4.69, 9.17) is 0 Å². The van der Waals surface area contributed by atoms with Crippen LogP contribution >= 0.6 is 15.9 Å². The highest BCUT2D eigenvalue weighted by Crippen LogP contribution is 2.34. The Morgan fingerprint density at radius 1 is 1.24 bits per heavy atom. The Labute approximate surface area is 130 Å². The monoisotopic (exact) mass is 385 g/mol. The molecule has 0 unspecified atom stereocenters. The minimum atomic E-state index is -4.58. The molecule has 1 fully saturated rings. The number of nitrogens with zero attached hydrogens (tertiary/aromatic N) is 1. The Morgan fingerprint density at radius 3 is 2.48 bits per heavy atom. The van der Waals surface area contributed by atoms with Crippen LogP contribution in [0.1, 0.15) is 31.7 Å². The normalized spacial score (nSPS) is 21.5. The van der Waals surface area contributed by atoms with E-state index in [1.165, 1.54) is 10.4 Å². The molecule has 0 amide bonds. The summed E-state index contributed by atoms with van der Waals surface area (Å²) in [6, 6.07) is 2.59. The Hall–Kier alpha value is -0.600. The van der Waals surface area contributed by atoms with Crippen molar-refractivity contribution in [3.05, 3.63) is 28.2 Å². The van der Waals surface area contributed by atoms with E-state index in [1.807, 2.05) is 0 Å². The van der Waals surface area contributed by atoms with Gasteiger partial charge >= 0.3 is 6.18 Å². The van der Waals surface area contributed by atoms with E-state index < -0.39 is 21.8 Å². The summed E-state index contributed by atoms with van der Waals surface area (Å²) in [5.41, 5.74) is -0.972. The number of piperidine rings is 1. The van der Waals surface area contributed by atoms with Gasteiger partial charge in [0.05, 0.1) is 10.5 Å². The molecule has 2 rings (SSSR count). The van der Waals surface area contributed by atoms with Crippen LogP contribution in [-0.4, -0.2) is 25.3 Å². The Morgan fingerprint density at radius 2 is 1.90 bits per heavy atom. The lowest BCUT2D eigenvalue weighted by molar-refractivity contribution is -0.137. The van der Waals surface area contributed by atoms with Crippen molar-refractivity contribution >= 4 is 26.0 Å². The van der Waals surface area contributed by atoms with Crippen molar-refractivity contribution in [3.8, 4) is 0 Å². The van der Waals surface area contributed by atoms with Crippen molar-refractivity contribution in [2.24, 2.45) is 0 Å². The van der Waals surface area contributed by atoms with Crippen LogP contribution in [0.15, 0.2) is 27.6 Å². The van der Waals surface area contributed by atoms with Gasteiger partial charge in [0.1, 0.15) is 0 Å². The molecule has 1 aliphatic heterocycles. The van der Waals surface area contributed by atoms with Crippen LogP contribution in [0.25, 0.3) is 0 Å². The summed E-state index contributed by atoms with van der Waals surface area (Å²) in [6.07, 6.45) is -2.20. The van der Waals surface area contributed by atoms with Gasteiger partial charge in [-0.3, -0.25) is 0 Å². The van der Waals surface area contributed by atoms with E-state index >= 15 is 0 Å². The van der Waals surface area contributed by atoms with Gasteiger partial charge in [0.25, 0.3) is 0 Å². The first-order valence-corrected chi connectivity index (χ1v) is 8.75. The van der Waals surface area contributed by atoms with Crippen LogP contribution in [0.4, 0.5) is 13.2 Å². The number of halogens is 4. The molecule has 0 aromatic heterocycles. The van der Waals surface area contributed by atoms with Gasteiger partial charge in [0.2, 0.25) is 10.0 Å². The SMILES string of the molecule is C[C@H]1CCCCN1S(=O)(=O)c1cc(Br)cc(C(F)(F)F)c1. The molecule has 1 saturated heterocycles. The van der Waals surface area contributed by atoms with Crippen LogP contribution in [0.3, 0.4) is 0 Å². The maximum atomic E-state index is 12.8. The van der Waals surface area contributed by atoms with Gasteiger partial charge in [0.15, 0.2) is 0 Å². The predicted molar refractivity (Wildman–Crippen MR) is 76.3 cm³/mol. The van der Waals surface area contributed by atoms with E-state index in [-0.39, 0.29) is 15.4 Å². The molecule has 0 spiro atoms. The fourth-order valence-electron chi connectivity index (χ4n) is 2.44. The zero-order valence-corrected chi connectivity index (χ0v) is 13.7. The predicted octanol–water partition coefficient (Wildman–Crippen LogP) is 4.03. The van der Waals surface area contributed by atoms with Gasteiger partial charge in [-0.25, -0.2) is 8.42 Å². The third-order valence-corrected chi connectivity index (χ3v) is 6.00. The lowest BCUT2D eigenvalue weighted by Gasteiger charge is -2.32. The maximum Gasteiger partial charge on any atom is 0.416 e. The number of alkyl halides is 3. The second kappa shape index (κ2) is 5.89. The van der Waals surface area contributed by atoms with Crippen molar-refractivity contribution in [3.63, 3.8) is 0 Å². The number of benzene rings is 1. The fourth-order valence-corrected chi connectivity index (χ4v) is 4.86. The molecule has 21 heavy (non-hydrogen) atoms. The molecule has 1 aromatic rings. The summed E-state index contributed by atoms with van der Waals surface area (Å²) >= 11 is 2.95. The molecular weight excluding hydrogens is 371 g/mol. The number of sulfonamides is 1. The molecular formula is C13H15BrF3NO2S. The average molecular weight is 386 g/mol. The summed E-state index contributed by atoms with van der Waals surface area (Å²) < 4.78 is 65.0. The van der Waals surface area contributed by atoms with Gasteiger partial charge in [-0.15, -0.1) is 0 Å². The molecule has 8 heteroatoms. The molecule has 1 aliphatic rings. The Kier molecular flexibility index (Phi) is 4.70. The molecule has 3 nitrogen and oxygen atoms in total. The van der Waals surface area contributed by atoms with Crippen molar-refractivity contribution < 1.29 is 21.6 Å². The summed E-state index contributed by atoms with van der Waals surface area (Å²) in [6.45, 7) is 2.12. The van der Waals surface area contributed by atoms with Crippen LogP contribution in [0, 0.1) is 0 Å². The first kappa shape index (κ1) is 16.8. The number of hydrogen-bond donors (Lipinski definition) is 0. The van der Waals surface area contributed by atoms with Crippen molar-refractivity contribution in [2.45, 2.75) is 43.3 Å². The van der Waals surface area contributed by atoms with Crippen LogP contribution < -0.4 is 0 Å². The van der Waals surface area contributed by atoms with E-state index in [1.54, 1.807) is 6.92 Å². The fraction of sp³-hybridized carbons (Fsp3) is 0.538. The minimum absolute atomic E-state index is 0.0977. The topological polar surface area (TPSA) is 37.4 Å². The first-order chi connectivity index (χ1) is 9.62. The van der Waals surface area contributed by atoms with E-state index in [0.717, 1.165) is 25.3 Å². The molecule has 0 saturated carbocycles. The minimum Gasteiger partial charge on any atom is -0.207 e. The van der Waals surface area contributed by atoms with Crippen LogP contribution in [0.2, 0.25) is 0 Å². The second-order valence-electron chi connectivity index (χ2n) is 5.13. The smallest absolute Gasteiger partial charge is 0.207 e. The molecule has 0 N–H and O–H groups in total. The Bertz CT molecular complexity index is 631. The standard InChI is InChI=1S/C13H15BrF3NO2S/c1-9-4-2-3-5-18(9)21(19,20)12-7-10(13(15,16)17)6-11(14)8-12/h6-9H,2-5H2,1H3/t9-/m0/s1. The summed E-state index contributed by atoms with van der Waals surface area (Å²) in [5.74, 6) is 0. The molecule has 0 radical (unpaired) electrons. The third-order valence-electron chi connectivity index (χ3n) is 3.55. The average Bonchev–Trinajstić information content (AvgIpc) is 2.37. The molecule has 1 aromatic carbocycles. The van der Waals surface area contributed by atoms with Gasteiger partial charge in [-0.1, -0.05) is 22.4 Å². The van der Waals surface area contributed by atoms with E-state index in [0.29, 0.717) is 12.6 Å². The van der Waals surface area contributed by atoms with E-state index in [9.17, 15) is 21.6 Å². The van der Waals surface area contributed by atoms with Crippen LogP contribution in [0.5, 0.6) is 0 Å². The third kappa shape index (κ3) is 3.60. The lowest BCUT2D eigenvalue weighted by Crippen LogP contribution is -2.42. The van der Waals surface area contributed by atoms with Crippen molar-refractivity contribution in [1.29, 1.82) is 0 Å². The zero-order chi connectivity index (χ0) is 15.8. The maximum absolute atomic E-state index is 12.8. The second-order valence-corrected chi connectivity index (χ2v) is 7.94. The molecule has 0 bridgehead atoms. The van der Waals surface area contributed by atoms with Gasteiger partial charge in [-0.2, -0.15) is 17.5 Å². The van der Waals surface area contributed by atoms with Crippen molar-refractivity contribution in [2.75, 3.05) is 6.54 Å². The lowest BCUT2D eigenvalue weighted by atomic mass is 10.1. The molecule has 1 atom stereocenters. The number of hydrogen-bond acceptors (Lipinski definition) is 2. The molecule has 118 valence electrons. The summed E-state index contributed by atoms with van der Waals surface area (Å²) in [7, 11) is -3.91. The number of rotatable bonds is 2. The summed E-state index contributed by atoms with van der Waals surface area (Å²) in [5, 5.41) is 0. The molecule has 1 heterocycles. The highest BCUT2D eigenvalue weighted by molar-refractivity contribution is 9.10. The summed E-state index contributed by atoms with van der Waals surface area (Å²) in [4.78, 5) is -0.321. The quantitative estimate of drug-likeness (QED) is 0.770. The van der Waals surface area contributed by atoms with Gasteiger partial charge in [0, 0.05) is 17.1 Å². The van der Waals surface area contributed by atoms with Crippen LogP contribution in [-0.2, 0) is 16.2 Å². The van der Waals surface area contributed by atoms with Gasteiger partial charge < -0.3 is 0 Å².